The van der Waals surface area contributed by atoms with Crippen molar-refractivity contribution in [1.29, 1.82) is 0 Å². The van der Waals surface area contributed by atoms with Gasteiger partial charge in [-0.1, -0.05) is 6.92 Å². The average Bonchev–Trinajstić information content (AvgIpc) is 3.16. The van der Waals surface area contributed by atoms with Crippen molar-refractivity contribution in [2.45, 2.75) is 32.6 Å². The maximum Gasteiger partial charge on any atom is 0.307 e. The summed E-state index contributed by atoms with van der Waals surface area (Å²) in [6, 6.07) is 0. The molecule has 2 aliphatic carbocycles. The Bertz CT molecular complexity index is 406. The Balaban J connectivity index is 1.70. The maximum atomic E-state index is 12.0. The van der Waals surface area contributed by atoms with Crippen LogP contribution in [0.3, 0.4) is 0 Å². The van der Waals surface area contributed by atoms with Crippen molar-refractivity contribution >= 4 is 17.8 Å². The number of carboxylic acid groups (broad SMARTS) is 1. The SMILES string of the molecule is CC1CC(C(=O)O)C(C(=O)NCCNC(=O)C2CC2)C1. The van der Waals surface area contributed by atoms with E-state index in [0.717, 1.165) is 12.8 Å². The molecule has 2 saturated carbocycles. The number of hydrogen-bond acceptors (Lipinski definition) is 3. The molecule has 0 aliphatic heterocycles. The summed E-state index contributed by atoms with van der Waals surface area (Å²) in [6.45, 7) is 2.73. The smallest absolute Gasteiger partial charge is 0.307 e. The van der Waals surface area contributed by atoms with Gasteiger partial charge in [0.2, 0.25) is 11.8 Å². The third kappa shape index (κ3) is 3.71. The van der Waals surface area contributed by atoms with Gasteiger partial charge in [0.1, 0.15) is 0 Å². The second-order valence-corrected chi connectivity index (χ2v) is 5.98. The van der Waals surface area contributed by atoms with Crippen LogP contribution < -0.4 is 10.6 Å². The predicted molar refractivity (Wildman–Crippen MR) is 71.8 cm³/mol. The summed E-state index contributed by atoms with van der Waals surface area (Å²) in [5.41, 5.74) is 0. The van der Waals surface area contributed by atoms with Crippen LogP contribution in [0.5, 0.6) is 0 Å². The zero-order valence-electron chi connectivity index (χ0n) is 11.7. The van der Waals surface area contributed by atoms with Crippen molar-refractivity contribution in [1.82, 2.24) is 10.6 Å². The monoisotopic (exact) mass is 282 g/mol. The van der Waals surface area contributed by atoms with Crippen LogP contribution in [0.25, 0.3) is 0 Å². The number of carbonyl (C=O) groups excluding carboxylic acids is 2. The van der Waals surface area contributed by atoms with E-state index in [9.17, 15) is 14.4 Å². The molecule has 2 rings (SSSR count). The van der Waals surface area contributed by atoms with Gasteiger partial charge in [-0.25, -0.2) is 0 Å². The van der Waals surface area contributed by atoms with Crippen molar-refractivity contribution in [3.8, 4) is 0 Å². The summed E-state index contributed by atoms with van der Waals surface area (Å²) < 4.78 is 0. The molecule has 0 bridgehead atoms. The summed E-state index contributed by atoms with van der Waals surface area (Å²) in [5.74, 6) is -1.64. The third-order valence-corrected chi connectivity index (χ3v) is 4.12. The summed E-state index contributed by atoms with van der Waals surface area (Å²) in [4.78, 5) is 34.5. The van der Waals surface area contributed by atoms with Gasteiger partial charge >= 0.3 is 5.97 Å². The Labute approximate surface area is 118 Å². The van der Waals surface area contributed by atoms with E-state index in [1.54, 1.807) is 0 Å². The van der Waals surface area contributed by atoms with Crippen LogP contribution in [0.4, 0.5) is 0 Å². The molecule has 0 aromatic rings. The fourth-order valence-corrected chi connectivity index (χ4v) is 2.85. The molecule has 0 heterocycles. The summed E-state index contributed by atoms with van der Waals surface area (Å²) in [6.07, 6.45) is 3.10. The van der Waals surface area contributed by atoms with Gasteiger partial charge < -0.3 is 15.7 Å². The van der Waals surface area contributed by atoms with E-state index >= 15 is 0 Å². The minimum atomic E-state index is -0.892. The van der Waals surface area contributed by atoms with Crippen molar-refractivity contribution in [2.24, 2.45) is 23.7 Å². The molecule has 3 N–H and O–H groups in total. The minimum absolute atomic E-state index is 0.0529. The number of rotatable bonds is 6. The number of carbonyl (C=O) groups is 3. The van der Waals surface area contributed by atoms with E-state index in [-0.39, 0.29) is 23.7 Å². The van der Waals surface area contributed by atoms with Gasteiger partial charge in [0.25, 0.3) is 0 Å². The lowest BCUT2D eigenvalue weighted by molar-refractivity contribution is -0.146. The molecule has 0 saturated heterocycles. The van der Waals surface area contributed by atoms with E-state index in [1.807, 2.05) is 6.92 Å². The molecule has 112 valence electrons. The van der Waals surface area contributed by atoms with Crippen LogP contribution in [0.2, 0.25) is 0 Å². The number of nitrogens with one attached hydrogen (secondary N) is 2. The van der Waals surface area contributed by atoms with Crippen LogP contribution in [-0.4, -0.2) is 36.0 Å². The first kappa shape index (κ1) is 14.8. The number of carboxylic acids is 1. The first-order valence-electron chi connectivity index (χ1n) is 7.27. The number of amides is 2. The molecule has 20 heavy (non-hydrogen) atoms. The molecule has 0 radical (unpaired) electrons. The van der Waals surface area contributed by atoms with E-state index in [2.05, 4.69) is 10.6 Å². The van der Waals surface area contributed by atoms with E-state index in [1.165, 1.54) is 0 Å². The highest BCUT2D eigenvalue weighted by Gasteiger charge is 2.41. The molecule has 3 atom stereocenters. The van der Waals surface area contributed by atoms with Crippen LogP contribution in [0.1, 0.15) is 32.6 Å². The number of aliphatic carboxylic acids is 1. The largest absolute Gasteiger partial charge is 0.481 e. The molecule has 6 heteroatoms. The average molecular weight is 282 g/mol. The van der Waals surface area contributed by atoms with Gasteiger partial charge in [-0.05, 0) is 31.6 Å². The molecular formula is C14H22N2O4. The normalized spacial score (nSPS) is 28.9. The molecule has 2 fully saturated rings. The van der Waals surface area contributed by atoms with Crippen LogP contribution >= 0.6 is 0 Å². The lowest BCUT2D eigenvalue weighted by Gasteiger charge is -2.15. The lowest BCUT2D eigenvalue weighted by atomic mass is 9.95. The second-order valence-electron chi connectivity index (χ2n) is 5.98. The molecule has 6 nitrogen and oxygen atoms in total. The van der Waals surface area contributed by atoms with Gasteiger partial charge in [0, 0.05) is 19.0 Å². The predicted octanol–water partition coefficient (Wildman–Crippen LogP) is 0.376. The Morgan fingerprint density at radius 3 is 2.10 bits per heavy atom. The fraction of sp³-hybridized carbons (Fsp3) is 0.786. The Morgan fingerprint density at radius 2 is 1.55 bits per heavy atom. The van der Waals surface area contributed by atoms with E-state index in [4.69, 9.17) is 5.11 Å². The van der Waals surface area contributed by atoms with Gasteiger partial charge in [-0.2, -0.15) is 0 Å². The number of hydrogen-bond donors (Lipinski definition) is 3. The molecule has 0 aromatic heterocycles. The van der Waals surface area contributed by atoms with E-state index < -0.39 is 17.8 Å². The highest BCUT2D eigenvalue weighted by Crippen LogP contribution is 2.36. The molecular weight excluding hydrogens is 260 g/mol. The molecule has 0 spiro atoms. The van der Waals surface area contributed by atoms with Crippen molar-refractivity contribution in [3.05, 3.63) is 0 Å². The van der Waals surface area contributed by atoms with Crippen LogP contribution in [0.15, 0.2) is 0 Å². The Hall–Kier alpha value is -1.59. The highest BCUT2D eigenvalue weighted by atomic mass is 16.4. The highest BCUT2D eigenvalue weighted by molar-refractivity contribution is 5.85. The lowest BCUT2D eigenvalue weighted by Crippen LogP contribution is -2.40. The molecule has 3 unspecified atom stereocenters. The zero-order valence-corrected chi connectivity index (χ0v) is 11.7. The van der Waals surface area contributed by atoms with Gasteiger partial charge in [0.15, 0.2) is 0 Å². The molecule has 0 aromatic carbocycles. The maximum absolute atomic E-state index is 12.0. The Kier molecular flexibility index (Phi) is 4.62. The van der Waals surface area contributed by atoms with Crippen molar-refractivity contribution < 1.29 is 19.5 Å². The Morgan fingerprint density at radius 1 is 1.00 bits per heavy atom. The van der Waals surface area contributed by atoms with Gasteiger partial charge in [-0.15, -0.1) is 0 Å². The standard InChI is InChI=1S/C14H22N2O4/c1-8-6-10(11(7-8)14(19)20)13(18)16-5-4-15-12(17)9-2-3-9/h8-11H,2-7H2,1H3,(H,15,17)(H,16,18)(H,19,20). The first-order valence-corrected chi connectivity index (χ1v) is 7.27. The quantitative estimate of drug-likeness (QED) is 0.614. The fourth-order valence-electron chi connectivity index (χ4n) is 2.85. The summed E-state index contributed by atoms with van der Waals surface area (Å²) in [7, 11) is 0. The van der Waals surface area contributed by atoms with Crippen molar-refractivity contribution in [2.75, 3.05) is 13.1 Å². The molecule has 2 amide bonds. The van der Waals surface area contributed by atoms with Crippen LogP contribution in [0, 0.1) is 23.7 Å². The zero-order chi connectivity index (χ0) is 14.7. The van der Waals surface area contributed by atoms with Crippen LogP contribution in [-0.2, 0) is 14.4 Å². The summed E-state index contributed by atoms with van der Waals surface area (Å²) >= 11 is 0. The van der Waals surface area contributed by atoms with E-state index in [0.29, 0.717) is 25.9 Å². The minimum Gasteiger partial charge on any atom is -0.481 e. The second kappa shape index (κ2) is 6.24. The topological polar surface area (TPSA) is 95.5 Å². The third-order valence-electron chi connectivity index (χ3n) is 4.12. The first-order chi connectivity index (χ1) is 9.49. The van der Waals surface area contributed by atoms with Gasteiger partial charge in [-0.3, -0.25) is 14.4 Å². The van der Waals surface area contributed by atoms with Gasteiger partial charge in [0.05, 0.1) is 11.8 Å². The van der Waals surface area contributed by atoms with Crippen molar-refractivity contribution in [3.63, 3.8) is 0 Å². The molecule has 2 aliphatic rings. The summed E-state index contributed by atoms with van der Waals surface area (Å²) in [5, 5.41) is 14.6.